The molecule has 0 unspecified atom stereocenters. The summed E-state index contributed by atoms with van der Waals surface area (Å²) < 4.78 is 10.4. The molecule has 0 bridgehead atoms. The number of nitrogens with zero attached hydrogens (tertiary/aromatic N) is 1. The quantitative estimate of drug-likeness (QED) is 0.845. The van der Waals surface area contributed by atoms with Crippen molar-refractivity contribution in [1.82, 2.24) is 4.98 Å². The summed E-state index contributed by atoms with van der Waals surface area (Å²) in [6.07, 6.45) is 0. The Morgan fingerprint density at radius 3 is 2.84 bits per heavy atom. The highest BCUT2D eigenvalue weighted by atomic mass is 35.5. The average Bonchev–Trinajstić information content (AvgIpc) is 2.83. The predicted molar refractivity (Wildman–Crippen MR) is 70.8 cm³/mol. The number of hydrogen-bond acceptors (Lipinski definition) is 5. The van der Waals surface area contributed by atoms with Crippen molar-refractivity contribution >= 4 is 17.4 Å². The number of nitrogens with one attached hydrogen (secondary N) is 1. The van der Waals surface area contributed by atoms with Crippen LogP contribution >= 0.6 is 11.6 Å². The summed E-state index contributed by atoms with van der Waals surface area (Å²) in [7, 11) is 0. The molecule has 0 fully saturated rings. The Bertz CT molecular complexity index is 619. The van der Waals surface area contributed by atoms with Crippen LogP contribution in [0.2, 0.25) is 5.15 Å². The Kier molecular flexibility index (Phi) is 3.05. The van der Waals surface area contributed by atoms with E-state index in [4.69, 9.17) is 21.1 Å². The first-order valence-electron chi connectivity index (χ1n) is 5.70. The molecule has 0 spiro atoms. The number of benzene rings is 1. The lowest BCUT2D eigenvalue weighted by molar-refractivity contribution is 0.174. The van der Waals surface area contributed by atoms with Crippen LogP contribution in [0.3, 0.4) is 0 Å². The van der Waals surface area contributed by atoms with E-state index in [1.165, 1.54) is 0 Å². The van der Waals surface area contributed by atoms with Crippen LogP contribution in [-0.4, -0.2) is 16.9 Å². The maximum Gasteiger partial charge on any atom is 0.231 e. The summed E-state index contributed by atoms with van der Waals surface area (Å²) in [6, 6.07) is 8.60. The number of ether oxygens (including phenoxy) is 2. The molecule has 6 heteroatoms. The summed E-state index contributed by atoms with van der Waals surface area (Å²) in [5, 5.41) is 13.4. The summed E-state index contributed by atoms with van der Waals surface area (Å²) in [4.78, 5) is 4.11. The fourth-order valence-corrected chi connectivity index (χ4v) is 1.97. The summed E-state index contributed by atoms with van der Waals surface area (Å²) >= 11 is 5.80. The largest absolute Gasteiger partial charge is 0.507 e. The number of hydrogen-bond donors (Lipinski definition) is 2. The van der Waals surface area contributed by atoms with E-state index >= 15 is 0 Å². The van der Waals surface area contributed by atoms with Crippen molar-refractivity contribution in [3.05, 3.63) is 41.0 Å². The molecule has 0 amide bonds. The second-order valence-electron chi connectivity index (χ2n) is 4.03. The first-order valence-corrected chi connectivity index (χ1v) is 6.08. The number of aromatic nitrogens is 1. The van der Waals surface area contributed by atoms with Crippen LogP contribution in [0.4, 0.5) is 5.82 Å². The Morgan fingerprint density at radius 2 is 2.05 bits per heavy atom. The van der Waals surface area contributed by atoms with Crippen molar-refractivity contribution in [2.45, 2.75) is 6.54 Å². The van der Waals surface area contributed by atoms with E-state index in [0.717, 1.165) is 0 Å². The third-order valence-electron chi connectivity index (χ3n) is 2.75. The normalized spacial score (nSPS) is 12.5. The molecule has 0 saturated heterocycles. The van der Waals surface area contributed by atoms with Gasteiger partial charge in [-0.3, -0.25) is 0 Å². The molecule has 98 valence electrons. The van der Waals surface area contributed by atoms with Gasteiger partial charge in [0.15, 0.2) is 11.5 Å². The predicted octanol–water partition coefficient (Wildman–Crippen LogP) is 2.78. The maximum absolute atomic E-state index is 9.89. The number of phenolic OH excluding ortho intramolecular Hbond substituents is 1. The van der Waals surface area contributed by atoms with Gasteiger partial charge in [0.25, 0.3) is 0 Å². The van der Waals surface area contributed by atoms with E-state index in [2.05, 4.69) is 10.3 Å². The minimum Gasteiger partial charge on any atom is -0.507 e. The standard InChI is InChI=1S/C13H11ClN2O3/c14-12-2-1-3-13(16-12)15-6-8-4-10-11(5-9(8)17)19-7-18-10/h1-5,17H,6-7H2,(H,15,16). The van der Waals surface area contributed by atoms with Crippen LogP contribution in [0.15, 0.2) is 30.3 Å². The molecule has 2 heterocycles. The first kappa shape index (κ1) is 11.9. The maximum atomic E-state index is 9.89. The zero-order valence-electron chi connectivity index (χ0n) is 9.89. The van der Waals surface area contributed by atoms with E-state index in [9.17, 15) is 5.11 Å². The lowest BCUT2D eigenvalue weighted by atomic mass is 10.1. The van der Waals surface area contributed by atoms with Gasteiger partial charge in [-0.15, -0.1) is 0 Å². The number of fused-ring (bicyclic) bond motifs is 1. The number of anilines is 1. The number of halogens is 1. The van der Waals surface area contributed by atoms with Crippen molar-refractivity contribution in [2.24, 2.45) is 0 Å². The van der Waals surface area contributed by atoms with Crippen LogP contribution in [0.1, 0.15) is 5.56 Å². The molecule has 1 aromatic heterocycles. The molecule has 1 aliphatic heterocycles. The zero-order chi connectivity index (χ0) is 13.2. The van der Waals surface area contributed by atoms with E-state index < -0.39 is 0 Å². The van der Waals surface area contributed by atoms with E-state index in [1.807, 2.05) is 0 Å². The third-order valence-corrected chi connectivity index (χ3v) is 2.96. The van der Waals surface area contributed by atoms with Gasteiger partial charge >= 0.3 is 0 Å². The number of phenols is 1. The highest BCUT2D eigenvalue weighted by Crippen LogP contribution is 2.37. The van der Waals surface area contributed by atoms with Crippen LogP contribution in [-0.2, 0) is 6.54 Å². The van der Waals surface area contributed by atoms with Gasteiger partial charge in [-0.2, -0.15) is 0 Å². The molecule has 5 nitrogen and oxygen atoms in total. The Hall–Kier alpha value is -2.14. The second-order valence-corrected chi connectivity index (χ2v) is 4.42. The molecule has 3 rings (SSSR count). The van der Waals surface area contributed by atoms with Gasteiger partial charge in [0.05, 0.1) is 0 Å². The van der Waals surface area contributed by atoms with Crippen molar-refractivity contribution in [3.63, 3.8) is 0 Å². The minimum atomic E-state index is 0.152. The molecule has 0 radical (unpaired) electrons. The Balaban J connectivity index is 1.77. The van der Waals surface area contributed by atoms with Gasteiger partial charge in [-0.1, -0.05) is 17.7 Å². The van der Waals surface area contributed by atoms with E-state index in [0.29, 0.717) is 34.6 Å². The summed E-state index contributed by atoms with van der Waals surface area (Å²) in [5.74, 6) is 1.99. The molecule has 0 saturated carbocycles. The van der Waals surface area contributed by atoms with Crippen molar-refractivity contribution in [2.75, 3.05) is 12.1 Å². The molecule has 2 aromatic rings. The molecule has 2 N–H and O–H groups in total. The molecule has 0 aliphatic carbocycles. The topological polar surface area (TPSA) is 63.6 Å². The molecule has 19 heavy (non-hydrogen) atoms. The number of rotatable bonds is 3. The SMILES string of the molecule is Oc1cc2c(cc1CNc1cccc(Cl)n1)OCO2. The van der Waals surface area contributed by atoms with Gasteiger partial charge in [0.2, 0.25) is 6.79 Å². The summed E-state index contributed by atoms with van der Waals surface area (Å²) in [5.41, 5.74) is 0.700. The fraction of sp³-hybridized carbons (Fsp3) is 0.154. The van der Waals surface area contributed by atoms with E-state index in [1.54, 1.807) is 30.3 Å². The monoisotopic (exact) mass is 278 g/mol. The van der Waals surface area contributed by atoms with Crippen LogP contribution in [0, 0.1) is 0 Å². The van der Waals surface area contributed by atoms with Crippen molar-refractivity contribution in [1.29, 1.82) is 0 Å². The van der Waals surface area contributed by atoms with Gasteiger partial charge in [0.1, 0.15) is 16.7 Å². The average molecular weight is 279 g/mol. The highest BCUT2D eigenvalue weighted by molar-refractivity contribution is 6.29. The van der Waals surface area contributed by atoms with Crippen LogP contribution in [0.25, 0.3) is 0 Å². The lowest BCUT2D eigenvalue weighted by Crippen LogP contribution is -2.01. The van der Waals surface area contributed by atoms with Crippen LogP contribution < -0.4 is 14.8 Å². The van der Waals surface area contributed by atoms with Gasteiger partial charge in [0, 0.05) is 18.2 Å². The summed E-state index contributed by atoms with van der Waals surface area (Å²) in [6.45, 7) is 0.595. The van der Waals surface area contributed by atoms with Crippen LogP contribution in [0.5, 0.6) is 17.2 Å². The lowest BCUT2D eigenvalue weighted by Gasteiger charge is -2.08. The molecular weight excluding hydrogens is 268 g/mol. The van der Waals surface area contributed by atoms with Gasteiger partial charge in [-0.05, 0) is 18.2 Å². The number of pyridine rings is 1. The molecular formula is C13H11ClN2O3. The first-order chi connectivity index (χ1) is 9.22. The van der Waals surface area contributed by atoms with Crippen molar-refractivity contribution in [3.8, 4) is 17.2 Å². The molecule has 1 aliphatic rings. The zero-order valence-corrected chi connectivity index (χ0v) is 10.6. The van der Waals surface area contributed by atoms with E-state index in [-0.39, 0.29) is 12.5 Å². The van der Waals surface area contributed by atoms with Crippen molar-refractivity contribution < 1.29 is 14.6 Å². The van der Waals surface area contributed by atoms with Gasteiger partial charge < -0.3 is 19.9 Å². The highest BCUT2D eigenvalue weighted by Gasteiger charge is 2.16. The van der Waals surface area contributed by atoms with Gasteiger partial charge in [-0.25, -0.2) is 4.98 Å². The smallest absolute Gasteiger partial charge is 0.231 e. The Morgan fingerprint density at radius 1 is 1.26 bits per heavy atom. The molecule has 1 aromatic carbocycles. The second kappa shape index (κ2) is 4.85. The fourth-order valence-electron chi connectivity index (χ4n) is 1.81. The minimum absolute atomic E-state index is 0.152. The number of aromatic hydroxyl groups is 1. The molecule has 0 atom stereocenters. The third kappa shape index (κ3) is 2.51. The Labute approximate surface area is 114 Å².